The molecule has 1 fully saturated rings. The van der Waals surface area contributed by atoms with Gasteiger partial charge >= 0.3 is 0 Å². The van der Waals surface area contributed by atoms with Crippen LogP contribution >= 0.6 is 11.6 Å². The van der Waals surface area contributed by atoms with Gasteiger partial charge in [-0.2, -0.15) is 0 Å². The zero-order valence-corrected chi connectivity index (χ0v) is 18.2. The minimum Gasteiger partial charge on any atom is -0.493 e. The Bertz CT molecular complexity index is 795. The van der Waals surface area contributed by atoms with Crippen LogP contribution in [0.25, 0.3) is 0 Å². The third-order valence-corrected chi connectivity index (χ3v) is 5.42. The number of hydrogen-bond acceptors (Lipinski definition) is 6. The molecule has 1 aliphatic heterocycles. The number of aryl methyl sites for hydroxylation is 2. The summed E-state index contributed by atoms with van der Waals surface area (Å²) >= 11 is 5.82. The van der Waals surface area contributed by atoms with E-state index in [0.29, 0.717) is 17.7 Å². The summed E-state index contributed by atoms with van der Waals surface area (Å²) in [7, 11) is 0. The second-order valence-corrected chi connectivity index (χ2v) is 7.81. The average molecular weight is 417 g/mol. The van der Waals surface area contributed by atoms with E-state index >= 15 is 0 Å². The lowest BCUT2D eigenvalue weighted by Gasteiger charge is -2.32. The van der Waals surface area contributed by atoms with Gasteiger partial charge in [0.25, 0.3) is 0 Å². The first-order chi connectivity index (χ1) is 14.1. The minimum atomic E-state index is 0.431. The highest BCUT2D eigenvalue weighted by molar-refractivity contribution is 6.29. The van der Waals surface area contributed by atoms with Gasteiger partial charge in [0.15, 0.2) is 11.0 Å². The van der Waals surface area contributed by atoms with Crippen molar-refractivity contribution >= 4 is 23.6 Å². The van der Waals surface area contributed by atoms with E-state index in [0.717, 1.165) is 67.2 Å². The Morgan fingerprint density at radius 1 is 1.17 bits per heavy atom. The highest BCUT2D eigenvalue weighted by atomic mass is 35.5. The topological polar surface area (TPSA) is 59.8 Å². The molecule has 0 radical (unpaired) electrons. The number of oxime groups is 1. The number of rotatable bonds is 8. The molecule has 0 saturated carbocycles. The molecular weight excluding hydrogens is 388 g/mol. The molecule has 1 aromatic heterocycles. The SMILES string of the molecule is CCO/N=C/c1cc(C)c(OCCC2CCN(c3ccc(Cl)nn3)CC2)c(C)c1. The summed E-state index contributed by atoms with van der Waals surface area (Å²) in [6, 6.07) is 7.89. The molecule has 0 N–H and O–H groups in total. The number of piperidine rings is 1. The quantitative estimate of drug-likeness (QED) is 0.456. The van der Waals surface area contributed by atoms with Gasteiger partial charge in [0, 0.05) is 13.1 Å². The Hall–Kier alpha value is -2.34. The van der Waals surface area contributed by atoms with E-state index in [9.17, 15) is 0 Å². The van der Waals surface area contributed by atoms with Gasteiger partial charge in [-0.3, -0.25) is 0 Å². The maximum Gasteiger partial charge on any atom is 0.151 e. The van der Waals surface area contributed by atoms with Crippen LogP contribution in [0.5, 0.6) is 5.75 Å². The fraction of sp³-hybridized carbons (Fsp3) is 0.500. The van der Waals surface area contributed by atoms with Gasteiger partial charge in [-0.1, -0.05) is 16.8 Å². The molecule has 29 heavy (non-hydrogen) atoms. The van der Waals surface area contributed by atoms with Crippen molar-refractivity contribution in [3.8, 4) is 5.75 Å². The third-order valence-electron chi connectivity index (χ3n) is 5.22. The smallest absolute Gasteiger partial charge is 0.151 e. The molecule has 1 aliphatic rings. The molecule has 1 aromatic carbocycles. The van der Waals surface area contributed by atoms with Crippen LogP contribution < -0.4 is 9.64 Å². The van der Waals surface area contributed by atoms with Crippen LogP contribution in [0.3, 0.4) is 0 Å². The van der Waals surface area contributed by atoms with Gasteiger partial charge in [-0.25, -0.2) is 0 Å². The molecule has 0 atom stereocenters. The summed E-state index contributed by atoms with van der Waals surface area (Å²) in [6.07, 6.45) is 5.08. The summed E-state index contributed by atoms with van der Waals surface area (Å²) in [6.45, 7) is 9.36. The van der Waals surface area contributed by atoms with Crippen molar-refractivity contribution in [2.24, 2.45) is 11.1 Å². The second-order valence-electron chi connectivity index (χ2n) is 7.42. The van der Waals surface area contributed by atoms with E-state index in [1.807, 2.05) is 13.0 Å². The Morgan fingerprint density at radius 3 is 2.52 bits per heavy atom. The number of aromatic nitrogens is 2. The number of benzene rings is 1. The molecule has 3 rings (SSSR count). The standard InChI is InChI=1S/C22H29ClN4O2/c1-4-29-24-15-19-13-16(2)22(17(3)14-19)28-12-9-18-7-10-27(11-8-18)21-6-5-20(23)25-26-21/h5-6,13-15,18H,4,7-12H2,1-3H3/b24-15+. The molecular formula is C22H29ClN4O2. The van der Waals surface area contributed by atoms with Crippen molar-refractivity contribution in [2.45, 2.75) is 40.0 Å². The molecule has 0 unspecified atom stereocenters. The van der Waals surface area contributed by atoms with Crippen LogP contribution in [0, 0.1) is 19.8 Å². The predicted octanol–water partition coefficient (Wildman–Crippen LogP) is 4.80. The van der Waals surface area contributed by atoms with Crippen molar-refractivity contribution < 1.29 is 9.57 Å². The summed E-state index contributed by atoms with van der Waals surface area (Å²) in [5, 5.41) is 12.5. The zero-order chi connectivity index (χ0) is 20.6. The number of ether oxygens (including phenoxy) is 1. The third kappa shape index (κ3) is 6.07. The van der Waals surface area contributed by atoms with Gasteiger partial charge in [0.05, 0.1) is 12.8 Å². The molecule has 6 nitrogen and oxygen atoms in total. The van der Waals surface area contributed by atoms with E-state index in [2.05, 4.69) is 46.2 Å². The van der Waals surface area contributed by atoms with Crippen LogP contribution in [0.15, 0.2) is 29.4 Å². The van der Waals surface area contributed by atoms with Gasteiger partial charge in [-0.05, 0) is 86.9 Å². The Kier molecular flexibility index (Phi) is 7.69. The van der Waals surface area contributed by atoms with Gasteiger partial charge in [0.2, 0.25) is 0 Å². The maximum absolute atomic E-state index is 6.15. The second kappa shape index (κ2) is 10.4. The number of anilines is 1. The molecule has 0 aliphatic carbocycles. The van der Waals surface area contributed by atoms with Crippen LogP contribution in [0.2, 0.25) is 5.15 Å². The van der Waals surface area contributed by atoms with E-state index < -0.39 is 0 Å². The monoisotopic (exact) mass is 416 g/mol. The summed E-state index contributed by atoms with van der Waals surface area (Å²) in [5.74, 6) is 2.56. The van der Waals surface area contributed by atoms with E-state index in [1.165, 1.54) is 0 Å². The fourth-order valence-electron chi connectivity index (χ4n) is 3.71. The molecule has 0 bridgehead atoms. The zero-order valence-electron chi connectivity index (χ0n) is 17.4. The normalized spacial score (nSPS) is 15.1. The Morgan fingerprint density at radius 2 is 1.90 bits per heavy atom. The average Bonchev–Trinajstić information content (AvgIpc) is 2.71. The molecule has 2 heterocycles. The van der Waals surface area contributed by atoms with Crippen molar-refractivity contribution in [3.63, 3.8) is 0 Å². The summed E-state index contributed by atoms with van der Waals surface area (Å²) < 4.78 is 6.15. The van der Waals surface area contributed by atoms with Crippen LogP contribution in [0.1, 0.15) is 42.9 Å². The first-order valence-electron chi connectivity index (χ1n) is 10.2. The first kappa shape index (κ1) is 21.4. The molecule has 0 amide bonds. The van der Waals surface area contributed by atoms with Gasteiger partial charge in [0.1, 0.15) is 12.4 Å². The van der Waals surface area contributed by atoms with Crippen LogP contribution in [-0.2, 0) is 4.84 Å². The highest BCUT2D eigenvalue weighted by Gasteiger charge is 2.20. The van der Waals surface area contributed by atoms with E-state index in [1.54, 1.807) is 12.3 Å². The van der Waals surface area contributed by atoms with Crippen molar-refractivity contribution in [2.75, 3.05) is 31.2 Å². The van der Waals surface area contributed by atoms with Crippen LogP contribution in [-0.4, -0.2) is 42.7 Å². The largest absolute Gasteiger partial charge is 0.493 e. The first-order valence-corrected chi connectivity index (χ1v) is 10.6. The lowest BCUT2D eigenvalue weighted by molar-refractivity contribution is 0.160. The molecule has 7 heteroatoms. The lowest BCUT2D eigenvalue weighted by Crippen LogP contribution is -2.34. The predicted molar refractivity (Wildman–Crippen MR) is 117 cm³/mol. The Labute approximate surface area is 177 Å². The van der Waals surface area contributed by atoms with Crippen molar-refractivity contribution in [3.05, 3.63) is 46.1 Å². The van der Waals surface area contributed by atoms with Crippen molar-refractivity contribution in [1.82, 2.24) is 10.2 Å². The summed E-state index contributed by atoms with van der Waals surface area (Å²) in [4.78, 5) is 7.32. The number of hydrogen-bond donors (Lipinski definition) is 0. The highest BCUT2D eigenvalue weighted by Crippen LogP contribution is 2.27. The minimum absolute atomic E-state index is 0.431. The molecule has 0 spiro atoms. The Balaban J connectivity index is 1.46. The maximum atomic E-state index is 6.15. The summed E-state index contributed by atoms with van der Waals surface area (Å²) in [5.41, 5.74) is 3.27. The van der Waals surface area contributed by atoms with Crippen LogP contribution in [0.4, 0.5) is 5.82 Å². The van der Waals surface area contributed by atoms with E-state index in [4.69, 9.17) is 21.2 Å². The van der Waals surface area contributed by atoms with Gasteiger partial charge < -0.3 is 14.5 Å². The van der Waals surface area contributed by atoms with Gasteiger partial charge in [-0.15, -0.1) is 10.2 Å². The molecule has 156 valence electrons. The number of nitrogens with zero attached hydrogens (tertiary/aromatic N) is 4. The van der Waals surface area contributed by atoms with E-state index in [-0.39, 0.29) is 0 Å². The van der Waals surface area contributed by atoms with Crippen molar-refractivity contribution in [1.29, 1.82) is 0 Å². The fourth-order valence-corrected chi connectivity index (χ4v) is 3.82. The molecule has 2 aromatic rings. The molecule has 1 saturated heterocycles. The lowest BCUT2D eigenvalue weighted by atomic mass is 9.94. The number of halogens is 1.